The van der Waals surface area contributed by atoms with Crippen LogP contribution in [0.2, 0.25) is 0 Å². The van der Waals surface area contributed by atoms with E-state index >= 15 is 0 Å². The number of fused-ring (bicyclic) bond motifs is 11. The van der Waals surface area contributed by atoms with Crippen molar-refractivity contribution in [1.29, 1.82) is 0 Å². The van der Waals surface area contributed by atoms with Gasteiger partial charge in [-0.25, -0.2) is 0 Å². The SMILES string of the molecule is CC(C)(C)c1cc(-c2ccccc2)c(N2c3cc(-n4c5ccc(C(C)(C)C)cc5c5cc(C(C)(C)C)ccc54)ccc3B3c4ccc(-n5c6ccc(C(C)(C)C)cc6c6cc(C(C)(C)C)ccc65)cc4N(c4c(-c5ccccc5)cc(C(C)(C)C)cc4-n4c5ccc6cccc7c8cccc9ccc4c(c98)c5c67)c4cc(-c5ccccc5)cc2c43)c(-c2ccccc2)c1. The molecule has 0 saturated heterocycles. The summed E-state index contributed by atoms with van der Waals surface area (Å²) in [6.45, 7) is 42.2. The minimum Gasteiger partial charge on any atom is -0.310 e. The van der Waals surface area contributed by atoms with Gasteiger partial charge in [0.05, 0.1) is 50.2 Å². The number of benzene rings is 18. The summed E-state index contributed by atoms with van der Waals surface area (Å²) in [5.41, 5.74) is 36.5. The number of hydrogen-bond donors (Lipinski definition) is 0. The molecule has 0 spiro atoms. The van der Waals surface area contributed by atoms with Crippen molar-refractivity contribution in [2.45, 2.75) is 157 Å². The Balaban J connectivity index is 0.922. The molecule has 0 aliphatic carbocycles. The van der Waals surface area contributed by atoms with E-state index in [1.807, 2.05) is 0 Å². The summed E-state index contributed by atoms with van der Waals surface area (Å²) in [5.74, 6) is 0. The van der Waals surface area contributed by atoms with Crippen molar-refractivity contribution in [2.24, 2.45) is 0 Å². The van der Waals surface area contributed by atoms with E-state index in [0.717, 1.165) is 95.7 Å². The minimum absolute atomic E-state index is 0.0863. The second kappa shape index (κ2) is 27.9. The normalized spacial score (nSPS) is 13.5. The van der Waals surface area contributed by atoms with E-state index in [9.17, 15) is 0 Å². The molecule has 0 unspecified atom stereocenters. The van der Waals surface area contributed by atoms with E-state index in [1.165, 1.54) is 148 Å². The second-order valence-electron chi connectivity index (χ2n) is 43.0. The maximum Gasteiger partial charge on any atom is 0.252 e. The van der Waals surface area contributed by atoms with Gasteiger partial charge in [0.15, 0.2) is 0 Å². The number of nitrogens with zero attached hydrogens (tertiary/aromatic N) is 5. The van der Waals surface area contributed by atoms with Gasteiger partial charge in [-0.1, -0.05) is 331 Å². The van der Waals surface area contributed by atoms with Crippen LogP contribution in [0.15, 0.2) is 328 Å². The zero-order valence-corrected chi connectivity index (χ0v) is 77.0. The molecule has 5 nitrogen and oxygen atoms in total. The van der Waals surface area contributed by atoms with Gasteiger partial charge in [-0.05, 0) is 264 Å². The van der Waals surface area contributed by atoms with E-state index in [2.05, 4.69) is 476 Å². The van der Waals surface area contributed by atoms with Gasteiger partial charge in [-0.2, -0.15) is 0 Å². The summed E-state index contributed by atoms with van der Waals surface area (Å²) in [6.07, 6.45) is 0. The molecule has 2 aliphatic rings. The van der Waals surface area contributed by atoms with Crippen LogP contribution in [0.25, 0.3) is 159 Å². The highest BCUT2D eigenvalue weighted by Gasteiger charge is 2.47. The first-order valence-corrected chi connectivity index (χ1v) is 46.1. The van der Waals surface area contributed by atoms with Crippen LogP contribution in [0.5, 0.6) is 0 Å². The molecule has 3 aromatic heterocycles. The quantitative estimate of drug-likeness (QED) is 0.0816. The van der Waals surface area contributed by atoms with E-state index in [1.54, 1.807) is 0 Å². The number of aromatic nitrogens is 3. The molecule has 0 atom stereocenters. The Labute approximate surface area is 752 Å². The highest BCUT2D eigenvalue weighted by Crippen LogP contribution is 2.58. The molecule has 128 heavy (non-hydrogen) atoms. The Morgan fingerprint density at radius 1 is 0.203 bits per heavy atom. The second-order valence-corrected chi connectivity index (χ2v) is 43.0. The zero-order chi connectivity index (χ0) is 88.1. The summed E-state index contributed by atoms with van der Waals surface area (Å²) >= 11 is 0. The van der Waals surface area contributed by atoms with Crippen LogP contribution >= 0.6 is 0 Å². The van der Waals surface area contributed by atoms with Crippen LogP contribution in [0.4, 0.5) is 34.1 Å². The Kier molecular flexibility index (Phi) is 17.2. The highest BCUT2D eigenvalue weighted by atomic mass is 15.2. The topological polar surface area (TPSA) is 21.3 Å². The van der Waals surface area contributed by atoms with Crippen LogP contribution in [0.3, 0.4) is 0 Å². The van der Waals surface area contributed by atoms with Crippen LogP contribution < -0.4 is 26.2 Å². The predicted octanol–water partition coefficient (Wildman–Crippen LogP) is 31.8. The minimum atomic E-state index is -0.335. The molecule has 23 rings (SSSR count). The molecule has 2 aliphatic heterocycles. The van der Waals surface area contributed by atoms with Gasteiger partial charge in [-0.3, -0.25) is 0 Å². The highest BCUT2D eigenvalue weighted by molar-refractivity contribution is 7.00. The first-order valence-electron chi connectivity index (χ1n) is 46.1. The molecule has 21 aromatic rings. The molecular weight excluding hydrogens is 1550 g/mol. The van der Waals surface area contributed by atoms with E-state index < -0.39 is 0 Å². The van der Waals surface area contributed by atoms with Crippen molar-refractivity contribution in [3.05, 3.63) is 361 Å². The van der Waals surface area contributed by atoms with Gasteiger partial charge in [0.25, 0.3) is 6.71 Å². The fourth-order valence-corrected chi connectivity index (χ4v) is 21.7. The molecule has 624 valence electrons. The molecular formula is C122H108BN5. The molecule has 5 heterocycles. The van der Waals surface area contributed by atoms with Gasteiger partial charge in [0.1, 0.15) is 0 Å². The Bertz CT molecular complexity index is 7850. The largest absolute Gasteiger partial charge is 0.310 e. The van der Waals surface area contributed by atoms with Crippen LogP contribution in [0, 0.1) is 0 Å². The van der Waals surface area contributed by atoms with Crippen LogP contribution in [-0.4, -0.2) is 20.4 Å². The molecule has 0 radical (unpaired) electrons. The van der Waals surface area contributed by atoms with Crippen LogP contribution in [-0.2, 0) is 32.5 Å². The third-order valence-corrected chi connectivity index (χ3v) is 28.6. The van der Waals surface area contributed by atoms with Crippen molar-refractivity contribution < 1.29 is 0 Å². The summed E-state index contributed by atoms with van der Waals surface area (Å²) in [6, 6.07) is 129. The Hall–Kier alpha value is -13.7. The smallest absolute Gasteiger partial charge is 0.252 e. The standard InChI is InChI=1S/C122H108BN5/c1-117(2,3)80-47-57-99-93(63-80)94-64-81(118(4,5)6)48-58-100(94)124(99)86-51-53-97-105(71-86)127(115-90(74-35-25-20-26-36-74)67-84(121(13,14)15)68-91(115)75-37-27-21-28-38-75)107-61-79(73-33-23-19-24-34-73)62-108-114(107)123(97)98-54-52-87(125-101-59-49-82(119(7,8)9)65-95(101)96-66-83(120(10,11)12)50-60-102(96)125)72-106(98)128(108)116-92(76-39-29-22-30-40-76)69-85(122(16,17)18)70-109(116)126-103-55-45-77-41-31-43-88-89-44-32-42-78-46-56-104(126)113(111(78)89)112(103)110(77)88/h19-72H,1-18H3. The Morgan fingerprint density at radius 3 is 0.891 bits per heavy atom. The maximum atomic E-state index is 2.80. The summed E-state index contributed by atoms with van der Waals surface area (Å²) in [7, 11) is 0. The number of rotatable bonds is 9. The Morgan fingerprint density at radius 2 is 0.531 bits per heavy atom. The average Bonchev–Trinajstić information content (AvgIpc) is 1.10. The predicted molar refractivity (Wildman–Crippen MR) is 552 cm³/mol. The van der Waals surface area contributed by atoms with Gasteiger partial charge >= 0.3 is 0 Å². The van der Waals surface area contributed by atoms with Gasteiger partial charge in [-0.15, -0.1) is 0 Å². The zero-order valence-electron chi connectivity index (χ0n) is 77.0. The summed E-state index contributed by atoms with van der Waals surface area (Å²) in [5, 5.41) is 15.3. The van der Waals surface area contributed by atoms with E-state index in [-0.39, 0.29) is 39.2 Å². The van der Waals surface area contributed by atoms with Gasteiger partial charge in [0, 0.05) is 83.1 Å². The molecule has 0 bridgehead atoms. The van der Waals surface area contributed by atoms with Crippen molar-refractivity contribution in [3.63, 3.8) is 0 Å². The van der Waals surface area contributed by atoms with Crippen molar-refractivity contribution >= 4 is 155 Å². The van der Waals surface area contributed by atoms with Crippen molar-refractivity contribution in [2.75, 3.05) is 9.80 Å². The van der Waals surface area contributed by atoms with Gasteiger partial charge < -0.3 is 23.5 Å². The van der Waals surface area contributed by atoms with E-state index in [4.69, 9.17) is 0 Å². The van der Waals surface area contributed by atoms with Crippen LogP contribution in [0.1, 0.15) is 158 Å². The van der Waals surface area contributed by atoms with Crippen molar-refractivity contribution in [3.8, 4) is 61.6 Å². The molecule has 6 heteroatoms. The lowest BCUT2D eigenvalue weighted by Crippen LogP contribution is -2.61. The summed E-state index contributed by atoms with van der Waals surface area (Å²) < 4.78 is 7.89. The number of hydrogen-bond acceptors (Lipinski definition) is 2. The molecule has 0 N–H and O–H groups in total. The lowest BCUT2D eigenvalue weighted by atomic mass is 9.33. The summed E-state index contributed by atoms with van der Waals surface area (Å²) in [4.78, 5) is 5.57. The fourth-order valence-electron chi connectivity index (χ4n) is 21.7. The third kappa shape index (κ3) is 12.2. The third-order valence-electron chi connectivity index (χ3n) is 28.6. The maximum absolute atomic E-state index is 2.80. The lowest BCUT2D eigenvalue weighted by molar-refractivity contribution is 0.590. The number of anilines is 6. The first kappa shape index (κ1) is 79.0. The van der Waals surface area contributed by atoms with Crippen molar-refractivity contribution in [1.82, 2.24) is 13.7 Å². The monoisotopic (exact) mass is 1650 g/mol. The average molecular weight is 1660 g/mol. The lowest BCUT2D eigenvalue weighted by Gasteiger charge is -2.46. The molecule has 0 amide bonds. The van der Waals surface area contributed by atoms with Gasteiger partial charge in [0.2, 0.25) is 0 Å². The fraction of sp³-hybridized carbons (Fsp3) is 0.197. The van der Waals surface area contributed by atoms with E-state index in [0.29, 0.717) is 0 Å². The first-order chi connectivity index (χ1) is 61.3. The molecule has 0 fully saturated rings. The molecule has 0 saturated carbocycles. The molecule has 18 aromatic carbocycles.